The van der Waals surface area contributed by atoms with E-state index < -0.39 is 0 Å². The van der Waals surface area contributed by atoms with Gasteiger partial charge in [0.25, 0.3) is 0 Å². The molecular weight excluding hydrogens is 191 g/mol. The third-order valence-electron chi connectivity index (χ3n) is 3.02. The first-order valence-electron chi connectivity index (χ1n) is 6.04. The first-order chi connectivity index (χ1) is 6.96. The average molecular weight is 216 g/mol. The van der Waals surface area contributed by atoms with Crippen molar-refractivity contribution >= 4 is 0 Å². The Bertz CT molecular complexity index is 185. The molecule has 0 aromatic rings. The van der Waals surface area contributed by atoms with Crippen LogP contribution in [0.3, 0.4) is 0 Å². The molecule has 2 nitrogen and oxygen atoms in total. The van der Waals surface area contributed by atoms with Crippen molar-refractivity contribution in [2.45, 2.75) is 58.2 Å². The summed E-state index contributed by atoms with van der Waals surface area (Å²) in [6.07, 6.45) is 2.06. The summed E-state index contributed by atoms with van der Waals surface area (Å²) in [5.74, 6) is 0. The highest BCUT2D eigenvalue weighted by molar-refractivity contribution is 4.88. The zero-order chi connectivity index (χ0) is 11.5. The Hall–Kier alpha value is -0.150. The van der Waals surface area contributed by atoms with Crippen LogP contribution >= 0.6 is 0 Å². The molecule has 1 aliphatic heterocycles. The quantitative estimate of drug-likeness (QED) is 0.775. The van der Waals surface area contributed by atoms with E-state index in [9.17, 15) is 4.39 Å². The lowest BCUT2D eigenvalue weighted by Crippen LogP contribution is -2.46. The molecule has 1 fully saturated rings. The maximum Gasteiger partial charge on any atom is 0.105 e. The fourth-order valence-corrected chi connectivity index (χ4v) is 2.31. The van der Waals surface area contributed by atoms with Crippen LogP contribution in [0, 0.1) is 0 Å². The van der Waals surface area contributed by atoms with Gasteiger partial charge in [0.05, 0.1) is 0 Å². The van der Waals surface area contributed by atoms with Gasteiger partial charge in [-0.2, -0.15) is 0 Å². The molecule has 1 aliphatic rings. The van der Waals surface area contributed by atoms with Gasteiger partial charge in [0.15, 0.2) is 0 Å². The van der Waals surface area contributed by atoms with Crippen LogP contribution in [-0.4, -0.2) is 42.3 Å². The topological polar surface area (TPSA) is 15.3 Å². The number of nitrogens with one attached hydrogen (secondary N) is 1. The molecule has 0 amide bonds. The predicted molar refractivity (Wildman–Crippen MR) is 62.9 cm³/mol. The minimum Gasteiger partial charge on any atom is -0.308 e. The van der Waals surface area contributed by atoms with Crippen molar-refractivity contribution in [3.05, 3.63) is 0 Å². The molecule has 1 unspecified atom stereocenters. The van der Waals surface area contributed by atoms with Crippen molar-refractivity contribution in [1.29, 1.82) is 0 Å². The minimum atomic E-state index is -0.210. The van der Waals surface area contributed by atoms with E-state index in [2.05, 4.69) is 37.9 Å². The lowest BCUT2D eigenvalue weighted by Gasteiger charge is -2.28. The first-order valence-corrected chi connectivity index (χ1v) is 6.04. The largest absolute Gasteiger partial charge is 0.308 e. The number of likely N-dealkylation sites (tertiary alicyclic amines) is 1. The smallest absolute Gasteiger partial charge is 0.105 e. The fraction of sp³-hybridized carbons (Fsp3) is 1.00. The van der Waals surface area contributed by atoms with Gasteiger partial charge in [0.1, 0.15) is 6.67 Å². The molecule has 1 rings (SSSR count). The molecule has 0 saturated carbocycles. The fourth-order valence-electron chi connectivity index (χ4n) is 2.31. The molecule has 1 heterocycles. The molecule has 0 spiro atoms. The van der Waals surface area contributed by atoms with E-state index in [1.165, 1.54) is 0 Å². The summed E-state index contributed by atoms with van der Waals surface area (Å²) in [7, 11) is 0. The third kappa shape index (κ3) is 4.07. The third-order valence-corrected chi connectivity index (χ3v) is 3.02. The van der Waals surface area contributed by atoms with Gasteiger partial charge in [0, 0.05) is 30.7 Å². The number of halogens is 1. The summed E-state index contributed by atoms with van der Waals surface area (Å²) in [5, 5.41) is 3.59. The summed E-state index contributed by atoms with van der Waals surface area (Å²) >= 11 is 0. The second-order valence-electron chi connectivity index (χ2n) is 5.59. The number of hydrogen-bond donors (Lipinski definition) is 1. The van der Waals surface area contributed by atoms with Crippen molar-refractivity contribution < 1.29 is 4.39 Å². The Morgan fingerprint density at radius 2 is 2.13 bits per heavy atom. The number of rotatable bonds is 4. The van der Waals surface area contributed by atoms with E-state index in [1.54, 1.807) is 0 Å². The van der Waals surface area contributed by atoms with Gasteiger partial charge in [0.2, 0.25) is 0 Å². The van der Waals surface area contributed by atoms with E-state index in [0.717, 1.165) is 25.9 Å². The molecular formula is C12H25FN2. The molecule has 15 heavy (non-hydrogen) atoms. The van der Waals surface area contributed by atoms with Gasteiger partial charge in [-0.05, 0) is 33.6 Å². The van der Waals surface area contributed by atoms with Crippen LogP contribution in [0.1, 0.15) is 40.5 Å². The number of nitrogens with zero attached hydrogens (tertiary/aromatic N) is 1. The lowest BCUT2D eigenvalue weighted by atomic mass is 10.1. The number of hydrogen-bond acceptors (Lipinski definition) is 2. The van der Waals surface area contributed by atoms with E-state index in [1.807, 2.05) is 0 Å². The van der Waals surface area contributed by atoms with Gasteiger partial charge in [-0.3, -0.25) is 4.90 Å². The molecule has 0 aromatic carbocycles. The van der Waals surface area contributed by atoms with Crippen LogP contribution in [0.25, 0.3) is 0 Å². The summed E-state index contributed by atoms with van der Waals surface area (Å²) in [4.78, 5) is 2.28. The van der Waals surface area contributed by atoms with Gasteiger partial charge in [-0.15, -0.1) is 0 Å². The molecule has 0 aliphatic carbocycles. The summed E-state index contributed by atoms with van der Waals surface area (Å²) in [6, 6.07) is 0.669. The zero-order valence-electron chi connectivity index (χ0n) is 10.5. The lowest BCUT2D eigenvalue weighted by molar-refractivity contribution is 0.189. The van der Waals surface area contributed by atoms with E-state index in [0.29, 0.717) is 6.04 Å². The molecule has 0 aromatic heterocycles. The molecule has 2 atom stereocenters. The molecule has 3 heteroatoms. The molecule has 1 saturated heterocycles. The van der Waals surface area contributed by atoms with Gasteiger partial charge >= 0.3 is 0 Å². The van der Waals surface area contributed by atoms with Crippen LogP contribution in [-0.2, 0) is 0 Å². The Balaban J connectivity index is 2.38. The highest BCUT2D eigenvalue weighted by Gasteiger charge is 2.29. The Labute approximate surface area is 93.2 Å². The molecule has 1 N–H and O–H groups in total. The highest BCUT2D eigenvalue weighted by Crippen LogP contribution is 2.17. The molecule has 90 valence electrons. The first kappa shape index (κ1) is 12.9. The van der Waals surface area contributed by atoms with Gasteiger partial charge < -0.3 is 5.32 Å². The minimum absolute atomic E-state index is 0.136. The van der Waals surface area contributed by atoms with Gasteiger partial charge in [-0.25, -0.2) is 4.39 Å². The van der Waals surface area contributed by atoms with Crippen molar-refractivity contribution in [1.82, 2.24) is 10.2 Å². The van der Waals surface area contributed by atoms with E-state index in [4.69, 9.17) is 0 Å². The normalized spacial score (nSPS) is 25.8. The molecule has 0 radical (unpaired) electrons. The Morgan fingerprint density at radius 1 is 1.47 bits per heavy atom. The van der Waals surface area contributed by atoms with Crippen LogP contribution in [0.15, 0.2) is 0 Å². The second-order valence-corrected chi connectivity index (χ2v) is 5.59. The zero-order valence-corrected chi connectivity index (χ0v) is 10.5. The SMILES string of the molecule is CCC(CF)N1CC[C@H](NC(C)(C)C)C1. The van der Waals surface area contributed by atoms with Crippen LogP contribution in [0.2, 0.25) is 0 Å². The van der Waals surface area contributed by atoms with Crippen LogP contribution < -0.4 is 5.32 Å². The van der Waals surface area contributed by atoms with Crippen molar-refractivity contribution in [2.24, 2.45) is 0 Å². The van der Waals surface area contributed by atoms with E-state index >= 15 is 0 Å². The summed E-state index contributed by atoms with van der Waals surface area (Å²) in [6.45, 7) is 10.4. The monoisotopic (exact) mass is 216 g/mol. The Kier molecular flexibility index (Phi) is 4.53. The Morgan fingerprint density at radius 3 is 2.60 bits per heavy atom. The van der Waals surface area contributed by atoms with Crippen LogP contribution in [0.5, 0.6) is 0 Å². The summed E-state index contributed by atoms with van der Waals surface area (Å²) in [5.41, 5.74) is 0.165. The molecule has 0 bridgehead atoms. The average Bonchev–Trinajstić information content (AvgIpc) is 2.52. The second kappa shape index (κ2) is 5.26. The van der Waals surface area contributed by atoms with Crippen molar-refractivity contribution in [3.8, 4) is 0 Å². The number of alkyl halides is 1. The van der Waals surface area contributed by atoms with Crippen molar-refractivity contribution in [2.75, 3.05) is 19.8 Å². The van der Waals surface area contributed by atoms with E-state index in [-0.39, 0.29) is 18.3 Å². The highest BCUT2D eigenvalue weighted by atomic mass is 19.1. The predicted octanol–water partition coefficient (Wildman–Crippen LogP) is 2.20. The van der Waals surface area contributed by atoms with Crippen molar-refractivity contribution in [3.63, 3.8) is 0 Å². The standard InChI is InChI=1S/C12H25FN2/c1-5-11(8-13)15-7-6-10(9-15)14-12(2,3)4/h10-11,14H,5-9H2,1-4H3/t10-,11?/m0/s1. The maximum absolute atomic E-state index is 12.7. The van der Waals surface area contributed by atoms with Gasteiger partial charge in [-0.1, -0.05) is 6.92 Å². The maximum atomic E-state index is 12.7. The summed E-state index contributed by atoms with van der Waals surface area (Å²) < 4.78 is 12.7. The van der Waals surface area contributed by atoms with Crippen LogP contribution in [0.4, 0.5) is 4.39 Å².